The molecule has 0 bridgehead atoms. The number of aryl methyl sites for hydroxylation is 1. The van der Waals surface area contributed by atoms with E-state index in [9.17, 15) is 14.4 Å². The molecule has 0 aliphatic rings. The number of thioether (sulfide) groups is 1. The van der Waals surface area contributed by atoms with Gasteiger partial charge in [-0.15, -0.1) is 10.2 Å². The van der Waals surface area contributed by atoms with Crippen LogP contribution in [0.15, 0.2) is 58.5 Å². The van der Waals surface area contributed by atoms with Crippen LogP contribution in [0.3, 0.4) is 0 Å². The minimum atomic E-state index is -0.615. The molecule has 10 heteroatoms. The summed E-state index contributed by atoms with van der Waals surface area (Å²) in [5.74, 6) is -0.0573. The van der Waals surface area contributed by atoms with Gasteiger partial charge in [0.1, 0.15) is 0 Å². The van der Waals surface area contributed by atoms with E-state index in [4.69, 9.17) is 0 Å². The molecule has 1 atom stereocenters. The van der Waals surface area contributed by atoms with Crippen LogP contribution in [0.5, 0.6) is 0 Å². The monoisotopic (exact) mass is 464 g/mol. The summed E-state index contributed by atoms with van der Waals surface area (Å²) in [7, 11) is 0. The summed E-state index contributed by atoms with van der Waals surface area (Å²) in [6, 6.07) is 14.7. The van der Waals surface area contributed by atoms with E-state index in [0.29, 0.717) is 34.9 Å². The molecular formula is C23H24N6O3S. The van der Waals surface area contributed by atoms with Gasteiger partial charge < -0.3 is 5.32 Å². The van der Waals surface area contributed by atoms with E-state index in [0.717, 1.165) is 11.1 Å². The Labute approximate surface area is 194 Å². The number of fused-ring (bicyclic) bond motifs is 3. The van der Waals surface area contributed by atoms with E-state index in [1.54, 1.807) is 28.9 Å². The Hall–Kier alpha value is -3.66. The molecule has 0 saturated heterocycles. The fourth-order valence-corrected chi connectivity index (χ4v) is 4.31. The third-order valence-corrected chi connectivity index (χ3v) is 6.21. The molecule has 0 spiro atoms. The summed E-state index contributed by atoms with van der Waals surface area (Å²) in [4.78, 5) is 37.4. The van der Waals surface area contributed by atoms with Crippen molar-refractivity contribution in [1.82, 2.24) is 29.8 Å². The summed E-state index contributed by atoms with van der Waals surface area (Å²) >= 11 is 1.17. The summed E-state index contributed by atoms with van der Waals surface area (Å²) in [6.07, 6.45) is 0. The highest BCUT2D eigenvalue weighted by molar-refractivity contribution is 8.00. The Morgan fingerprint density at radius 2 is 1.82 bits per heavy atom. The molecule has 170 valence electrons. The quantitative estimate of drug-likeness (QED) is 0.425. The lowest BCUT2D eigenvalue weighted by molar-refractivity contribution is -0.119. The van der Waals surface area contributed by atoms with Gasteiger partial charge >= 0.3 is 6.03 Å². The van der Waals surface area contributed by atoms with Gasteiger partial charge in [0.15, 0.2) is 5.16 Å². The van der Waals surface area contributed by atoms with Gasteiger partial charge in [0.05, 0.1) is 22.7 Å². The van der Waals surface area contributed by atoms with Gasteiger partial charge in [0.2, 0.25) is 11.7 Å². The van der Waals surface area contributed by atoms with E-state index < -0.39 is 17.2 Å². The highest BCUT2D eigenvalue weighted by atomic mass is 32.2. The molecule has 0 radical (unpaired) electrons. The van der Waals surface area contributed by atoms with Crippen molar-refractivity contribution in [3.8, 4) is 0 Å². The van der Waals surface area contributed by atoms with Crippen LogP contribution in [0, 0.1) is 6.92 Å². The summed E-state index contributed by atoms with van der Waals surface area (Å²) < 4.78 is 3.37. The first-order valence-electron chi connectivity index (χ1n) is 10.6. The predicted molar refractivity (Wildman–Crippen MR) is 128 cm³/mol. The fraction of sp³-hybridized carbons (Fsp3) is 0.261. The van der Waals surface area contributed by atoms with Gasteiger partial charge in [-0.25, -0.2) is 4.79 Å². The van der Waals surface area contributed by atoms with Crippen molar-refractivity contribution < 1.29 is 9.59 Å². The molecule has 2 aromatic carbocycles. The molecule has 2 heterocycles. The number of benzene rings is 2. The Morgan fingerprint density at radius 3 is 2.55 bits per heavy atom. The fourth-order valence-electron chi connectivity index (χ4n) is 3.46. The van der Waals surface area contributed by atoms with Gasteiger partial charge in [0, 0.05) is 6.54 Å². The van der Waals surface area contributed by atoms with Gasteiger partial charge in [0.25, 0.3) is 5.56 Å². The van der Waals surface area contributed by atoms with Crippen molar-refractivity contribution in [1.29, 1.82) is 0 Å². The number of urea groups is 1. The first-order chi connectivity index (χ1) is 15.9. The Kier molecular flexibility index (Phi) is 6.45. The maximum Gasteiger partial charge on any atom is 0.321 e. The topological polar surface area (TPSA) is 110 Å². The standard InChI is InChI=1S/C23H24N6O3S/c1-4-24-21(32)25-19(30)15(3)33-23-27-26-22-28(13-16-11-9-14(2)10-12-16)20(31)17-7-5-6-8-18(17)29(22)23/h5-12,15H,4,13H2,1-3H3,(H2,24,25,30,32). The van der Waals surface area contributed by atoms with E-state index in [2.05, 4.69) is 20.8 Å². The largest absolute Gasteiger partial charge is 0.338 e. The zero-order chi connectivity index (χ0) is 23.5. The molecule has 4 rings (SSSR count). The van der Waals surface area contributed by atoms with Crippen LogP contribution in [-0.2, 0) is 11.3 Å². The number of hydrogen-bond acceptors (Lipinski definition) is 6. The predicted octanol–water partition coefficient (Wildman–Crippen LogP) is 2.73. The van der Waals surface area contributed by atoms with Crippen molar-refractivity contribution in [2.24, 2.45) is 0 Å². The number of carbonyl (C=O) groups is 2. The second-order valence-corrected chi connectivity index (χ2v) is 8.93. The number of hydrogen-bond donors (Lipinski definition) is 2. The molecule has 0 aliphatic carbocycles. The first kappa shape index (κ1) is 22.5. The molecule has 2 aromatic heterocycles. The minimum absolute atomic E-state index is 0.162. The average Bonchev–Trinajstić information content (AvgIpc) is 3.21. The van der Waals surface area contributed by atoms with Crippen molar-refractivity contribution >= 4 is 40.4 Å². The maximum atomic E-state index is 13.3. The van der Waals surface area contributed by atoms with Gasteiger partial charge in [-0.05, 0) is 38.5 Å². The minimum Gasteiger partial charge on any atom is -0.338 e. The second kappa shape index (κ2) is 9.45. The van der Waals surface area contributed by atoms with E-state index in [1.807, 2.05) is 49.4 Å². The molecule has 33 heavy (non-hydrogen) atoms. The molecule has 4 aromatic rings. The number of aromatic nitrogens is 4. The van der Waals surface area contributed by atoms with Gasteiger partial charge in [-0.1, -0.05) is 53.7 Å². The van der Waals surface area contributed by atoms with E-state index >= 15 is 0 Å². The number of imide groups is 1. The highest BCUT2D eigenvalue weighted by Gasteiger charge is 2.22. The normalized spacial score (nSPS) is 12.1. The van der Waals surface area contributed by atoms with Crippen LogP contribution in [0.25, 0.3) is 16.7 Å². The summed E-state index contributed by atoms with van der Waals surface area (Å²) in [5, 5.41) is 13.8. The molecule has 0 saturated carbocycles. The third-order valence-electron chi connectivity index (χ3n) is 5.16. The molecule has 1 unspecified atom stereocenters. The lowest BCUT2D eigenvalue weighted by Crippen LogP contribution is -2.42. The zero-order valence-corrected chi connectivity index (χ0v) is 19.3. The Bertz CT molecular complexity index is 1390. The number of amides is 3. The smallest absolute Gasteiger partial charge is 0.321 e. The van der Waals surface area contributed by atoms with Crippen molar-refractivity contribution in [3.63, 3.8) is 0 Å². The number of rotatable bonds is 6. The maximum absolute atomic E-state index is 13.3. The van der Waals surface area contributed by atoms with Crippen molar-refractivity contribution in [2.45, 2.75) is 37.7 Å². The Balaban J connectivity index is 1.76. The van der Waals surface area contributed by atoms with Crippen LogP contribution >= 0.6 is 11.8 Å². The number of para-hydroxylation sites is 1. The zero-order valence-electron chi connectivity index (χ0n) is 18.5. The van der Waals surface area contributed by atoms with Crippen molar-refractivity contribution in [2.75, 3.05) is 6.54 Å². The van der Waals surface area contributed by atoms with E-state index in [-0.39, 0.29) is 5.56 Å². The number of carbonyl (C=O) groups excluding carboxylic acids is 2. The first-order valence-corrected chi connectivity index (χ1v) is 11.4. The van der Waals surface area contributed by atoms with Crippen LogP contribution in [0.1, 0.15) is 25.0 Å². The van der Waals surface area contributed by atoms with Crippen molar-refractivity contribution in [3.05, 3.63) is 70.0 Å². The molecule has 0 aliphatic heterocycles. The average molecular weight is 465 g/mol. The lowest BCUT2D eigenvalue weighted by atomic mass is 10.1. The van der Waals surface area contributed by atoms with Gasteiger partial charge in [-0.3, -0.25) is 23.9 Å². The molecule has 0 fully saturated rings. The number of nitrogens with zero attached hydrogens (tertiary/aromatic N) is 4. The summed E-state index contributed by atoms with van der Waals surface area (Å²) in [5.41, 5.74) is 2.59. The van der Waals surface area contributed by atoms with Gasteiger partial charge in [-0.2, -0.15) is 0 Å². The third kappa shape index (κ3) is 4.61. The molecule has 2 N–H and O–H groups in total. The van der Waals surface area contributed by atoms with Crippen LogP contribution in [-0.4, -0.2) is 42.9 Å². The second-order valence-electron chi connectivity index (χ2n) is 7.62. The lowest BCUT2D eigenvalue weighted by Gasteiger charge is -2.13. The van der Waals surface area contributed by atoms with Crippen LogP contribution in [0.4, 0.5) is 4.79 Å². The van der Waals surface area contributed by atoms with Crippen LogP contribution < -0.4 is 16.2 Å². The molecule has 3 amide bonds. The SMILES string of the molecule is CCNC(=O)NC(=O)C(C)Sc1nnc2n(Cc3ccc(C)cc3)c(=O)c3ccccc3n12. The summed E-state index contributed by atoms with van der Waals surface area (Å²) in [6.45, 7) is 6.22. The molecular weight excluding hydrogens is 440 g/mol. The Morgan fingerprint density at radius 1 is 1.09 bits per heavy atom. The van der Waals surface area contributed by atoms with Crippen LogP contribution in [0.2, 0.25) is 0 Å². The highest BCUT2D eigenvalue weighted by Crippen LogP contribution is 2.25. The van der Waals surface area contributed by atoms with E-state index in [1.165, 1.54) is 11.8 Å². The molecule has 9 nitrogen and oxygen atoms in total. The number of nitrogens with one attached hydrogen (secondary N) is 2.